The molecule has 0 saturated carbocycles. The van der Waals surface area contributed by atoms with E-state index in [9.17, 15) is 9.59 Å². The minimum atomic E-state index is -0.233. The van der Waals surface area contributed by atoms with Gasteiger partial charge in [0.2, 0.25) is 5.91 Å². The molecule has 0 saturated heterocycles. The van der Waals surface area contributed by atoms with Crippen LogP contribution < -0.4 is 15.6 Å². The van der Waals surface area contributed by atoms with E-state index >= 15 is 0 Å². The number of ether oxygens (including phenoxy) is 1. The summed E-state index contributed by atoms with van der Waals surface area (Å²) in [4.78, 5) is 31.9. The van der Waals surface area contributed by atoms with Crippen molar-refractivity contribution in [2.75, 3.05) is 7.11 Å². The number of methoxy groups -OCH3 is 1. The molecule has 5 rings (SSSR count). The molecule has 0 unspecified atom stereocenters. The van der Waals surface area contributed by atoms with Gasteiger partial charge in [-0.2, -0.15) is 5.10 Å². The van der Waals surface area contributed by atoms with Gasteiger partial charge in [-0.15, -0.1) is 11.3 Å². The molecule has 0 aliphatic heterocycles. The molecule has 0 spiro atoms. The maximum absolute atomic E-state index is 13.8. The van der Waals surface area contributed by atoms with Gasteiger partial charge in [0.05, 0.1) is 24.8 Å². The Morgan fingerprint density at radius 3 is 2.62 bits per heavy atom. The summed E-state index contributed by atoms with van der Waals surface area (Å²) in [5.74, 6) is 0.557. The molecule has 0 fully saturated rings. The van der Waals surface area contributed by atoms with Crippen LogP contribution in [-0.4, -0.2) is 38.2 Å². The van der Waals surface area contributed by atoms with E-state index in [4.69, 9.17) is 9.84 Å². The Labute approximate surface area is 230 Å². The zero-order valence-corrected chi connectivity index (χ0v) is 23.3. The summed E-state index contributed by atoms with van der Waals surface area (Å²) >= 11 is 1.35. The van der Waals surface area contributed by atoms with Crippen molar-refractivity contribution in [2.24, 2.45) is 0 Å². The predicted molar refractivity (Wildman–Crippen MR) is 154 cm³/mol. The maximum atomic E-state index is 13.8. The monoisotopic (exact) mass is 541 g/mol. The number of nitrogens with zero attached hydrogens (tertiary/aromatic N) is 4. The van der Waals surface area contributed by atoms with Crippen LogP contribution in [0.1, 0.15) is 36.0 Å². The normalized spacial score (nSPS) is 12.0. The van der Waals surface area contributed by atoms with Gasteiger partial charge in [0.25, 0.3) is 5.56 Å². The van der Waals surface area contributed by atoms with E-state index in [1.54, 1.807) is 16.2 Å². The molecule has 8 nitrogen and oxygen atoms in total. The molecule has 3 heterocycles. The number of nitrogens with one attached hydrogen (secondary N) is 1. The molecule has 2 aromatic carbocycles. The first kappa shape index (κ1) is 26.4. The molecule has 0 aliphatic carbocycles. The summed E-state index contributed by atoms with van der Waals surface area (Å²) in [6, 6.07) is 19.7. The number of amides is 1. The third-order valence-corrected chi connectivity index (χ3v) is 7.61. The largest absolute Gasteiger partial charge is 0.494 e. The average molecular weight is 542 g/mol. The quantitative estimate of drug-likeness (QED) is 0.286. The van der Waals surface area contributed by atoms with Crippen molar-refractivity contribution < 1.29 is 9.53 Å². The zero-order chi connectivity index (χ0) is 27.5. The fourth-order valence-corrected chi connectivity index (χ4v) is 5.69. The Kier molecular flexibility index (Phi) is 7.60. The zero-order valence-electron chi connectivity index (χ0n) is 22.5. The number of para-hydroxylation sites is 2. The first-order valence-corrected chi connectivity index (χ1v) is 13.8. The second kappa shape index (κ2) is 11.2. The number of carbonyl (C=O) groups excluding carboxylic acids is 1. The van der Waals surface area contributed by atoms with E-state index in [0.717, 1.165) is 24.2 Å². The second-order valence-corrected chi connectivity index (χ2v) is 10.5. The molecule has 1 atom stereocenters. The summed E-state index contributed by atoms with van der Waals surface area (Å²) in [6.45, 7) is 5.75. The molecule has 0 bridgehead atoms. The summed E-state index contributed by atoms with van der Waals surface area (Å²) < 4.78 is 8.81. The molecule has 0 aliphatic rings. The number of hydrogen-bond acceptors (Lipinski definition) is 6. The van der Waals surface area contributed by atoms with E-state index in [0.29, 0.717) is 33.4 Å². The number of aromatic nitrogens is 4. The van der Waals surface area contributed by atoms with Gasteiger partial charge in [0.15, 0.2) is 4.96 Å². The highest BCUT2D eigenvalue weighted by Gasteiger charge is 2.21. The van der Waals surface area contributed by atoms with Crippen LogP contribution in [0, 0.1) is 13.8 Å². The SMILES string of the molecule is COc1ccccc1-n1nc(-c2c(C)nc3scc(CC(=O)N[C@@H](C)CCc4ccccc4)n3c2=O)cc1C. The van der Waals surface area contributed by atoms with Crippen LogP contribution in [0.25, 0.3) is 21.9 Å². The lowest BCUT2D eigenvalue weighted by Gasteiger charge is -2.14. The Morgan fingerprint density at radius 2 is 1.85 bits per heavy atom. The summed E-state index contributed by atoms with van der Waals surface area (Å²) in [7, 11) is 1.62. The van der Waals surface area contributed by atoms with Crippen LogP contribution in [0.15, 0.2) is 70.8 Å². The van der Waals surface area contributed by atoms with Gasteiger partial charge in [-0.3, -0.25) is 14.0 Å². The van der Waals surface area contributed by atoms with Crippen molar-refractivity contribution in [3.05, 3.63) is 99.0 Å². The highest BCUT2D eigenvalue weighted by atomic mass is 32.1. The van der Waals surface area contributed by atoms with Crippen molar-refractivity contribution in [1.82, 2.24) is 24.5 Å². The molecule has 5 aromatic rings. The van der Waals surface area contributed by atoms with Gasteiger partial charge in [-0.25, -0.2) is 9.67 Å². The van der Waals surface area contributed by atoms with Crippen molar-refractivity contribution in [2.45, 2.75) is 46.1 Å². The van der Waals surface area contributed by atoms with Crippen molar-refractivity contribution in [3.8, 4) is 22.7 Å². The molecular weight excluding hydrogens is 510 g/mol. The number of hydrogen-bond donors (Lipinski definition) is 1. The Balaban J connectivity index is 1.40. The highest BCUT2D eigenvalue weighted by molar-refractivity contribution is 7.15. The molecule has 1 amide bonds. The second-order valence-electron chi connectivity index (χ2n) is 9.65. The van der Waals surface area contributed by atoms with E-state index in [1.807, 2.05) is 74.7 Å². The summed E-state index contributed by atoms with van der Waals surface area (Å²) in [6.07, 6.45) is 1.81. The minimum Gasteiger partial charge on any atom is -0.494 e. The standard InChI is InChI=1S/C30H31N5O3S/c1-19(14-15-22-10-6-5-7-11-22)31-27(36)17-23-18-39-30-32-21(3)28(29(37)34(23)30)24-16-20(2)35(33-24)25-12-8-9-13-26(25)38-4/h5-13,16,18-19H,14-15,17H2,1-4H3,(H,31,36)/t19-/m0/s1. The van der Waals surface area contributed by atoms with Gasteiger partial charge in [-0.05, 0) is 57.4 Å². The van der Waals surface area contributed by atoms with Crippen molar-refractivity contribution in [1.29, 1.82) is 0 Å². The number of benzene rings is 2. The molecular formula is C30H31N5O3S. The highest BCUT2D eigenvalue weighted by Crippen LogP contribution is 2.27. The Morgan fingerprint density at radius 1 is 1.10 bits per heavy atom. The first-order chi connectivity index (χ1) is 18.9. The van der Waals surface area contributed by atoms with E-state index in [-0.39, 0.29) is 23.9 Å². The van der Waals surface area contributed by atoms with E-state index < -0.39 is 0 Å². The number of fused-ring (bicyclic) bond motifs is 1. The van der Waals surface area contributed by atoms with Gasteiger partial charge >= 0.3 is 0 Å². The van der Waals surface area contributed by atoms with Gasteiger partial charge in [0.1, 0.15) is 17.1 Å². The molecule has 0 radical (unpaired) electrons. The Bertz CT molecular complexity index is 1690. The molecule has 9 heteroatoms. The van der Waals surface area contributed by atoms with E-state index in [1.165, 1.54) is 16.9 Å². The first-order valence-electron chi connectivity index (χ1n) is 12.9. The Hall–Kier alpha value is -4.24. The van der Waals surface area contributed by atoms with Gasteiger partial charge in [0, 0.05) is 22.8 Å². The van der Waals surface area contributed by atoms with E-state index in [2.05, 4.69) is 22.4 Å². The summed E-state index contributed by atoms with van der Waals surface area (Å²) in [5, 5.41) is 9.66. The lowest BCUT2D eigenvalue weighted by atomic mass is 10.1. The molecule has 1 N–H and O–H groups in total. The third kappa shape index (κ3) is 5.49. The molecule has 200 valence electrons. The maximum Gasteiger partial charge on any atom is 0.268 e. The van der Waals surface area contributed by atoms with Crippen LogP contribution in [0.3, 0.4) is 0 Å². The lowest BCUT2D eigenvalue weighted by Crippen LogP contribution is -2.34. The average Bonchev–Trinajstić information content (AvgIpc) is 3.50. The van der Waals surface area contributed by atoms with Gasteiger partial charge in [-0.1, -0.05) is 42.5 Å². The number of thiazole rings is 1. The predicted octanol–water partition coefficient (Wildman–Crippen LogP) is 4.91. The van der Waals surface area contributed by atoms with Crippen LogP contribution in [0.4, 0.5) is 0 Å². The number of aryl methyl sites for hydroxylation is 3. The molecule has 39 heavy (non-hydrogen) atoms. The number of carbonyl (C=O) groups is 1. The van der Waals surface area contributed by atoms with Crippen molar-refractivity contribution >= 4 is 22.2 Å². The van der Waals surface area contributed by atoms with Crippen molar-refractivity contribution in [3.63, 3.8) is 0 Å². The third-order valence-electron chi connectivity index (χ3n) is 6.74. The smallest absolute Gasteiger partial charge is 0.268 e. The fraction of sp³-hybridized carbons (Fsp3) is 0.267. The fourth-order valence-electron chi connectivity index (χ4n) is 4.76. The topological polar surface area (TPSA) is 90.5 Å². The van der Waals surface area contributed by atoms with Crippen LogP contribution in [0.5, 0.6) is 5.75 Å². The van der Waals surface area contributed by atoms with Gasteiger partial charge < -0.3 is 10.1 Å². The summed E-state index contributed by atoms with van der Waals surface area (Å²) in [5.41, 5.74) is 4.80. The lowest BCUT2D eigenvalue weighted by molar-refractivity contribution is -0.121. The molecule has 3 aromatic heterocycles. The minimum absolute atomic E-state index is 0.0113. The van der Waals surface area contributed by atoms with Crippen LogP contribution >= 0.6 is 11.3 Å². The number of rotatable bonds is 9. The van der Waals surface area contributed by atoms with Crippen LogP contribution in [-0.2, 0) is 17.6 Å². The van der Waals surface area contributed by atoms with Crippen LogP contribution in [0.2, 0.25) is 0 Å².